The number of thiazole rings is 1. The maximum absolute atomic E-state index is 6.17. The number of nitrogens with zero attached hydrogens (tertiary/aromatic N) is 1. The van der Waals surface area contributed by atoms with E-state index in [1.54, 1.807) is 11.3 Å². The van der Waals surface area contributed by atoms with Crippen LogP contribution in [0.2, 0.25) is 0 Å². The molecule has 1 aliphatic heterocycles. The molecular formula is C15H16N2O2S. The minimum Gasteiger partial charge on any atom is -0.486 e. The molecule has 0 saturated carbocycles. The standard InChI is InChI=1S/C15H16N2O2S/c16-10-2-1-3-11-14(10)20-15(17-11)9-4-5-12-13(8-9)19-7-6-18-12/h4-5,8,10H,1-3,6-7,16H2. The molecule has 2 heterocycles. The molecule has 104 valence electrons. The van der Waals surface area contributed by atoms with Crippen molar-refractivity contribution in [1.82, 2.24) is 4.98 Å². The van der Waals surface area contributed by atoms with Gasteiger partial charge in [0.2, 0.25) is 0 Å². The van der Waals surface area contributed by atoms with E-state index in [1.807, 2.05) is 18.2 Å². The third kappa shape index (κ3) is 1.98. The maximum Gasteiger partial charge on any atom is 0.162 e. The lowest BCUT2D eigenvalue weighted by atomic mass is 9.99. The first-order chi connectivity index (χ1) is 9.81. The van der Waals surface area contributed by atoms with Crippen LogP contribution in [0.15, 0.2) is 18.2 Å². The van der Waals surface area contributed by atoms with Gasteiger partial charge >= 0.3 is 0 Å². The van der Waals surface area contributed by atoms with Crippen molar-refractivity contribution < 1.29 is 9.47 Å². The van der Waals surface area contributed by atoms with Crippen molar-refractivity contribution in [2.45, 2.75) is 25.3 Å². The van der Waals surface area contributed by atoms with Crippen LogP contribution in [-0.4, -0.2) is 18.2 Å². The highest BCUT2D eigenvalue weighted by Gasteiger charge is 2.22. The number of hydrogen-bond donors (Lipinski definition) is 1. The quantitative estimate of drug-likeness (QED) is 0.876. The second-order valence-corrected chi connectivity index (χ2v) is 6.22. The topological polar surface area (TPSA) is 57.4 Å². The lowest BCUT2D eigenvalue weighted by molar-refractivity contribution is 0.171. The number of fused-ring (bicyclic) bond motifs is 2. The van der Waals surface area contributed by atoms with Crippen molar-refractivity contribution >= 4 is 11.3 Å². The van der Waals surface area contributed by atoms with Gasteiger partial charge in [-0.2, -0.15) is 0 Å². The number of rotatable bonds is 1. The normalized spacial score (nSPS) is 20.6. The Morgan fingerprint density at radius 3 is 2.90 bits per heavy atom. The van der Waals surface area contributed by atoms with E-state index in [9.17, 15) is 0 Å². The molecule has 5 heteroatoms. The molecule has 2 N–H and O–H groups in total. The lowest BCUT2D eigenvalue weighted by Crippen LogP contribution is -2.15. The highest BCUT2D eigenvalue weighted by molar-refractivity contribution is 7.15. The molecule has 0 fully saturated rings. The fourth-order valence-corrected chi connectivity index (χ4v) is 3.90. The Morgan fingerprint density at radius 1 is 1.20 bits per heavy atom. The van der Waals surface area contributed by atoms with Gasteiger partial charge in [0.1, 0.15) is 18.2 Å². The zero-order chi connectivity index (χ0) is 13.5. The Balaban J connectivity index is 1.74. The van der Waals surface area contributed by atoms with Crippen LogP contribution in [0.3, 0.4) is 0 Å². The maximum atomic E-state index is 6.17. The summed E-state index contributed by atoms with van der Waals surface area (Å²) in [5.74, 6) is 1.63. The molecule has 0 radical (unpaired) electrons. The third-order valence-corrected chi connectivity index (χ3v) is 5.06. The minimum absolute atomic E-state index is 0.155. The number of nitrogens with two attached hydrogens (primary N) is 1. The first kappa shape index (κ1) is 12.2. The van der Waals surface area contributed by atoms with Gasteiger partial charge in [-0.05, 0) is 37.5 Å². The first-order valence-corrected chi connectivity index (χ1v) is 7.78. The van der Waals surface area contributed by atoms with E-state index in [0.29, 0.717) is 13.2 Å². The predicted octanol–water partition coefficient (Wildman–Crippen LogP) is 2.92. The van der Waals surface area contributed by atoms with Crippen LogP contribution < -0.4 is 15.2 Å². The summed E-state index contributed by atoms with van der Waals surface area (Å²) in [6.07, 6.45) is 3.25. The molecule has 0 bridgehead atoms. The minimum atomic E-state index is 0.155. The Kier molecular flexibility index (Phi) is 2.89. The van der Waals surface area contributed by atoms with Crippen LogP contribution >= 0.6 is 11.3 Å². The second-order valence-electron chi connectivity index (χ2n) is 5.19. The molecule has 0 amide bonds. The van der Waals surface area contributed by atoms with Crippen LogP contribution in [0.1, 0.15) is 29.5 Å². The van der Waals surface area contributed by atoms with E-state index >= 15 is 0 Å². The van der Waals surface area contributed by atoms with Gasteiger partial charge in [-0.25, -0.2) is 4.98 Å². The second kappa shape index (κ2) is 4.75. The molecule has 4 rings (SSSR count). The summed E-state index contributed by atoms with van der Waals surface area (Å²) in [6, 6.07) is 6.18. The van der Waals surface area contributed by atoms with Crippen molar-refractivity contribution in [3.8, 4) is 22.1 Å². The number of hydrogen-bond acceptors (Lipinski definition) is 5. The largest absolute Gasteiger partial charge is 0.486 e. The molecule has 0 saturated heterocycles. The van der Waals surface area contributed by atoms with Gasteiger partial charge < -0.3 is 15.2 Å². The third-order valence-electron chi connectivity index (χ3n) is 3.78. The van der Waals surface area contributed by atoms with E-state index in [4.69, 9.17) is 20.2 Å². The summed E-state index contributed by atoms with van der Waals surface area (Å²) in [5.41, 5.74) is 8.44. The first-order valence-electron chi connectivity index (χ1n) is 6.96. The molecule has 1 aromatic heterocycles. The Labute approximate surface area is 121 Å². The summed E-state index contributed by atoms with van der Waals surface area (Å²) in [6.45, 7) is 1.22. The van der Waals surface area contributed by atoms with Crippen LogP contribution in [0.4, 0.5) is 0 Å². The summed E-state index contributed by atoms with van der Waals surface area (Å²) < 4.78 is 11.2. The molecule has 2 aromatic rings. The molecule has 1 atom stereocenters. The summed E-state index contributed by atoms with van der Waals surface area (Å²) in [4.78, 5) is 6.01. The molecule has 4 nitrogen and oxygen atoms in total. The zero-order valence-corrected chi connectivity index (χ0v) is 11.9. The van der Waals surface area contributed by atoms with Gasteiger partial charge in [0.05, 0.1) is 5.69 Å². The Hall–Kier alpha value is -1.59. The van der Waals surface area contributed by atoms with Crippen LogP contribution in [0, 0.1) is 0 Å². The summed E-state index contributed by atoms with van der Waals surface area (Å²) >= 11 is 1.71. The number of ether oxygens (including phenoxy) is 2. The van der Waals surface area contributed by atoms with Crippen molar-refractivity contribution in [3.05, 3.63) is 28.8 Å². The van der Waals surface area contributed by atoms with Crippen molar-refractivity contribution in [3.63, 3.8) is 0 Å². The monoisotopic (exact) mass is 288 g/mol. The number of aromatic nitrogens is 1. The van der Waals surface area contributed by atoms with Crippen LogP contribution in [0.5, 0.6) is 11.5 Å². The van der Waals surface area contributed by atoms with Crippen LogP contribution in [0.25, 0.3) is 10.6 Å². The van der Waals surface area contributed by atoms with E-state index in [0.717, 1.165) is 41.3 Å². The highest BCUT2D eigenvalue weighted by atomic mass is 32.1. The van der Waals surface area contributed by atoms with Crippen molar-refractivity contribution in [2.24, 2.45) is 5.73 Å². The van der Waals surface area contributed by atoms with Crippen molar-refractivity contribution in [1.29, 1.82) is 0 Å². The van der Waals surface area contributed by atoms with Crippen molar-refractivity contribution in [2.75, 3.05) is 13.2 Å². The number of benzene rings is 1. The van der Waals surface area contributed by atoms with E-state index in [1.165, 1.54) is 10.6 Å². The average Bonchev–Trinajstić information content (AvgIpc) is 2.92. The van der Waals surface area contributed by atoms with Gasteiger partial charge in [0.25, 0.3) is 0 Å². The molecule has 20 heavy (non-hydrogen) atoms. The van der Waals surface area contributed by atoms with E-state index in [2.05, 4.69) is 0 Å². The van der Waals surface area contributed by atoms with Gasteiger partial charge in [-0.3, -0.25) is 0 Å². The van der Waals surface area contributed by atoms with E-state index in [-0.39, 0.29) is 6.04 Å². The SMILES string of the molecule is NC1CCCc2nc(-c3ccc4c(c3)OCCO4)sc21. The molecule has 2 aliphatic rings. The molecule has 0 spiro atoms. The highest BCUT2D eigenvalue weighted by Crippen LogP contribution is 2.39. The fraction of sp³-hybridized carbons (Fsp3) is 0.400. The molecule has 1 aliphatic carbocycles. The summed E-state index contributed by atoms with van der Waals surface area (Å²) in [5, 5.41) is 1.03. The van der Waals surface area contributed by atoms with E-state index < -0.39 is 0 Å². The Morgan fingerprint density at radius 2 is 2.05 bits per heavy atom. The van der Waals surface area contributed by atoms with Gasteiger partial charge in [-0.15, -0.1) is 11.3 Å². The smallest absolute Gasteiger partial charge is 0.162 e. The molecular weight excluding hydrogens is 272 g/mol. The fourth-order valence-electron chi connectivity index (χ4n) is 2.75. The van der Waals surface area contributed by atoms with Gasteiger partial charge in [-0.1, -0.05) is 0 Å². The molecule has 1 aromatic carbocycles. The predicted molar refractivity (Wildman–Crippen MR) is 78.4 cm³/mol. The lowest BCUT2D eigenvalue weighted by Gasteiger charge is -2.18. The Bertz CT molecular complexity index is 653. The average molecular weight is 288 g/mol. The number of aryl methyl sites for hydroxylation is 1. The van der Waals surface area contributed by atoms with Crippen LogP contribution in [-0.2, 0) is 6.42 Å². The molecule has 1 unspecified atom stereocenters. The zero-order valence-electron chi connectivity index (χ0n) is 11.1. The van der Waals surface area contributed by atoms with Gasteiger partial charge in [0.15, 0.2) is 11.5 Å². The van der Waals surface area contributed by atoms with Gasteiger partial charge in [0, 0.05) is 16.5 Å². The summed E-state index contributed by atoms with van der Waals surface area (Å²) in [7, 11) is 0.